The molecular formula is C31H35N3O3S. The van der Waals surface area contributed by atoms with E-state index in [9.17, 15) is 4.79 Å². The van der Waals surface area contributed by atoms with Gasteiger partial charge in [0.1, 0.15) is 11.5 Å². The summed E-state index contributed by atoms with van der Waals surface area (Å²) in [6, 6.07) is 26.1. The Balaban J connectivity index is 1.40. The molecule has 0 radical (unpaired) electrons. The van der Waals surface area contributed by atoms with E-state index in [2.05, 4.69) is 17.2 Å². The fraction of sp³-hybridized carbons (Fsp3) is 0.290. The Bertz CT molecular complexity index is 1330. The summed E-state index contributed by atoms with van der Waals surface area (Å²) < 4.78 is 11.0. The van der Waals surface area contributed by atoms with Gasteiger partial charge in [0.2, 0.25) is 5.91 Å². The van der Waals surface area contributed by atoms with E-state index >= 15 is 0 Å². The number of para-hydroxylation sites is 1. The molecule has 1 aromatic heterocycles. The molecule has 0 fully saturated rings. The van der Waals surface area contributed by atoms with Crippen molar-refractivity contribution in [2.24, 2.45) is 0 Å². The first-order chi connectivity index (χ1) is 18.6. The molecule has 38 heavy (non-hydrogen) atoms. The van der Waals surface area contributed by atoms with E-state index in [0.717, 1.165) is 51.4 Å². The third-order valence-electron chi connectivity index (χ3n) is 6.39. The number of amides is 1. The molecule has 4 rings (SSSR count). The molecule has 0 bridgehead atoms. The number of aromatic nitrogens is 1. The summed E-state index contributed by atoms with van der Waals surface area (Å²) in [5.41, 5.74) is 2.88. The summed E-state index contributed by atoms with van der Waals surface area (Å²) >= 11 is 1.57. The maximum atomic E-state index is 13.3. The molecule has 3 aromatic carbocycles. The number of ether oxygens (including phenoxy) is 2. The number of nitrogens with zero attached hydrogens (tertiary/aromatic N) is 2. The molecule has 0 aliphatic heterocycles. The van der Waals surface area contributed by atoms with Gasteiger partial charge in [-0.25, -0.2) is 0 Å². The van der Waals surface area contributed by atoms with Gasteiger partial charge in [0.05, 0.1) is 31.2 Å². The first-order valence-corrected chi connectivity index (χ1v) is 13.8. The highest BCUT2D eigenvalue weighted by atomic mass is 32.2. The maximum Gasteiger partial charge on any atom is 0.233 e. The zero-order valence-electron chi connectivity index (χ0n) is 22.2. The van der Waals surface area contributed by atoms with Gasteiger partial charge in [0, 0.05) is 47.2 Å². The molecule has 1 amide bonds. The van der Waals surface area contributed by atoms with Crippen LogP contribution in [0.15, 0.2) is 90.0 Å². The first-order valence-electron chi connectivity index (χ1n) is 12.8. The zero-order chi connectivity index (χ0) is 26.7. The van der Waals surface area contributed by atoms with Crippen molar-refractivity contribution in [2.75, 3.05) is 31.8 Å². The monoisotopic (exact) mass is 529 g/mol. The maximum absolute atomic E-state index is 13.3. The van der Waals surface area contributed by atoms with Crippen LogP contribution in [0.25, 0.3) is 10.9 Å². The molecule has 0 spiro atoms. The van der Waals surface area contributed by atoms with E-state index in [1.54, 1.807) is 32.2 Å². The van der Waals surface area contributed by atoms with Gasteiger partial charge < -0.3 is 19.7 Å². The molecule has 1 heterocycles. The molecule has 1 unspecified atom stereocenters. The zero-order valence-corrected chi connectivity index (χ0v) is 23.0. The highest BCUT2D eigenvalue weighted by molar-refractivity contribution is 8.00. The number of hydrogen-bond donors (Lipinski definition) is 1. The van der Waals surface area contributed by atoms with Crippen LogP contribution in [-0.2, 0) is 11.3 Å². The topological polar surface area (TPSA) is 63.7 Å². The minimum atomic E-state index is 0.119. The third kappa shape index (κ3) is 7.42. The Labute approximate surface area is 229 Å². The lowest BCUT2D eigenvalue weighted by Gasteiger charge is -2.25. The number of methoxy groups -OCH3 is 2. The summed E-state index contributed by atoms with van der Waals surface area (Å²) in [5, 5.41) is 4.64. The summed E-state index contributed by atoms with van der Waals surface area (Å²) in [7, 11) is 3.34. The van der Waals surface area contributed by atoms with Crippen LogP contribution in [0.1, 0.15) is 25.3 Å². The van der Waals surface area contributed by atoms with Crippen molar-refractivity contribution in [3.63, 3.8) is 0 Å². The van der Waals surface area contributed by atoms with Gasteiger partial charge in [0.15, 0.2) is 0 Å². The predicted molar refractivity (Wildman–Crippen MR) is 156 cm³/mol. The average Bonchev–Trinajstić information content (AvgIpc) is 2.96. The molecule has 198 valence electrons. The largest absolute Gasteiger partial charge is 0.497 e. The summed E-state index contributed by atoms with van der Waals surface area (Å²) in [4.78, 5) is 20.9. The number of benzene rings is 3. The molecule has 6 nitrogen and oxygen atoms in total. The fourth-order valence-corrected chi connectivity index (χ4v) is 5.23. The van der Waals surface area contributed by atoms with Gasteiger partial charge in [-0.1, -0.05) is 42.5 Å². The Morgan fingerprint density at radius 2 is 1.79 bits per heavy atom. The minimum absolute atomic E-state index is 0.119. The second-order valence-electron chi connectivity index (χ2n) is 9.17. The molecule has 7 heteroatoms. The van der Waals surface area contributed by atoms with Gasteiger partial charge in [-0.05, 0) is 50.1 Å². The molecule has 1 N–H and O–H groups in total. The van der Waals surface area contributed by atoms with Gasteiger partial charge in [0.25, 0.3) is 0 Å². The Morgan fingerprint density at radius 3 is 2.58 bits per heavy atom. The number of fused-ring (bicyclic) bond motifs is 1. The Kier molecular flexibility index (Phi) is 9.87. The van der Waals surface area contributed by atoms with Crippen LogP contribution in [0, 0.1) is 0 Å². The van der Waals surface area contributed by atoms with Gasteiger partial charge in [-0.2, -0.15) is 0 Å². The van der Waals surface area contributed by atoms with E-state index in [1.165, 1.54) is 0 Å². The first kappa shape index (κ1) is 27.3. The van der Waals surface area contributed by atoms with Gasteiger partial charge in [-0.15, -0.1) is 11.8 Å². The van der Waals surface area contributed by atoms with E-state index in [1.807, 2.05) is 83.8 Å². The Hall–Kier alpha value is -3.71. The highest BCUT2D eigenvalue weighted by Gasteiger charge is 2.17. The number of carbonyl (C=O) groups is 1. The number of anilines is 1. The lowest BCUT2D eigenvalue weighted by molar-refractivity contribution is -0.129. The van der Waals surface area contributed by atoms with Crippen LogP contribution >= 0.6 is 11.8 Å². The Morgan fingerprint density at radius 1 is 1.00 bits per heavy atom. The van der Waals surface area contributed by atoms with Crippen molar-refractivity contribution in [1.29, 1.82) is 0 Å². The van der Waals surface area contributed by atoms with Crippen molar-refractivity contribution in [3.05, 3.63) is 90.6 Å². The summed E-state index contributed by atoms with van der Waals surface area (Å²) in [6.45, 7) is 3.34. The van der Waals surface area contributed by atoms with Crippen molar-refractivity contribution in [1.82, 2.24) is 9.88 Å². The van der Waals surface area contributed by atoms with Crippen LogP contribution in [0.3, 0.4) is 0 Å². The van der Waals surface area contributed by atoms with Crippen molar-refractivity contribution >= 4 is 34.3 Å². The second-order valence-corrected chi connectivity index (χ2v) is 10.2. The molecule has 0 saturated carbocycles. The quantitative estimate of drug-likeness (QED) is 0.196. The number of pyridine rings is 1. The highest BCUT2D eigenvalue weighted by Crippen LogP contribution is 2.29. The average molecular weight is 530 g/mol. The molecule has 4 aromatic rings. The van der Waals surface area contributed by atoms with Crippen LogP contribution in [-0.4, -0.2) is 48.4 Å². The smallest absolute Gasteiger partial charge is 0.233 e. The fourth-order valence-electron chi connectivity index (χ4n) is 4.40. The minimum Gasteiger partial charge on any atom is -0.497 e. The van der Waals surface area contributed by atoms with Crippen molar-refractivity contribution in [3.8, 4) is 11.5 Å². The van der Waals surface area contributed by atoms with Crippen LogP contribution in [0.2, 0.25) is 0 Å². The van der Waals surface area contributed by atoms with Crippen LogP contribution in [0.5, 0.6) is 11.5 Å². The molecule has 0 aliphatic carbocycles. The number of nitrogens with one attached hydrogen (secondary N) is 1. The predicted octanol–water partition coefficient (Wildman–Crippen LogP) is 6.65. The molecule has 0 saturated heterocycles. The number of hydrogen-bond acceptors (Lipinski definition) is 6. The molecule has 1 atom stereocenters. The lowest BCUT2D eigenvalue weighted by atomic mass is 10.1. The van der Waals surface area contributed by atoms with E-state index < -0.39 is 0 Å². The van der Waals surface area contributed by atoms with Crippen LogP contribution in [0.4, 0.5) is 5.69 Å². The SMILES string of the molecule is COc1cc(NC(C)CCCN(Cc2ccccc2OC)C(=O)CSc2ccccc2)c2ncccc2c1. The number of thioether (sulfide) groups is 1. The van der Waals surface area contributed by atoms with Crippen molar-refractivity contribution in [2.45, 2.75) is 37.2 Å². The summed E-state index contributed by atoms with van der Waals surface area (Å²) in [6.07, 6.45) is 3.56. The second kappa shape index (κ2) is 13.7. The standard InChI is InChI=1S/C31H35N3O3S/c1-23(33-28-20-26(36-2)19-24-13-9-17-32-31(24)28)11-10-18-34(21-25-12-7-8-16-29(25)37-3)30(35)22-38-27-14-5-4-6-15-27/h4-9,12-17,19-20,23,33H,10-11,18,21-22H2,1-3H3. The van der Waals surface area contributed by atoms with Crippen molar-refractivity contribution < 1.29 is 14.3 Å². The number of carbonyl (C=O) groups excluding carboxylic acids is 1. The van der Waals surface area contributed by atoms with Gasteiger partial charge >= 0.3 is 0 Å². The molecule has 0 aliphatic rings. The van der Waals surface area contributed by atoms with E-state index in [4.69, 9.17) is 9.47 Å². The van der Waals surface area contributed by atoms with Gasteiger partial charge in [-0.3, -0.25) is 9.78 Å². The lowest BCUT2D eigenvalue weighted by Crippen LogP contribution is -2.33. The van der Waals surface area contributed by atoms with Crippen LogP contribution < -0.4 is 14.8 Å². The summed E-state index contributed by atoms with van der Waals surface area (Å²) in [5.74, 6) is 2.11. The molecular weight excluding hydrogens is 494 g/mol. The number of rotatable bonds is 13. The normalized spacial score (nSPS) is 11.7. The van der Waals surface area contributed by atoms with E-state index in [0.29, 0.717) is 18.8 Å². The van der Waals surface area contributed by atoms with E-state index in [-0.39, 0.29) is 11.9 Å². The third-order valence-corrected chi connectivity index (χ3v) is 7.39.